The van der Waals surface area contributed by atoms with E-state index in [1.807, 2.05) is 0 Å². The first-order valence-electron chi connectivity index (χ1n) is 3.04. The van der Waals surface area contributed by atoms with Gasteiger partial charge >= 0.3 is 6.18 Å². The van der Waals surface area contributed by atoms with Crippen LogP contribution >= 0.6 is 11.6 Å². The largest absolute Gasteiger partial charge is 0.418 e. The molecule has 0 saturated heterocycles. The van der Waals surface area contributed by atoms with Gasteiger partial charge in [0, 0.05) is 6.07 Å². The van der Waals surface area contributed by atoms with Crippen molar-refractivity contribution in [2.24, 2.45) is 0 Å². The normalized spacial score (nSPS) is 11.8. The first-order valence-corrected chi connectivity index (χ1v) is 3.42. The van der Waals surface area contributed by atoms with E-state index in [4.69, 9.17) is 11.6 Å². The van der Waals surface area contributed by atoms with Gasteiger partial charge in [-0.2, -0.15) is 13.2 Å². The Kier molecular flexibility index (Phi) is 2.47. The van der Waals surface area contributed by atoms with Gasteiger partial charge in [0.15, 0.2) is 0 Å². The number of hydrogen-bond acceptors (Lipinski definition) is 0. The van der Waals surface area contributed by atoms with Crippen molar-refractivity contribution in [2.75, 3.05) is 0 Å². The molecule has 0 bridgehead atoms. The third-order valence-electron chi connectivity index (χ3n) is 1.30. The average molecular weight is 217 g/mol. The zero-order valence-corrected chi connectivity index (χ0v) is 6.68. The molecule has 6 heteroatoms. The molecule has 0 radical (unpaired) electrons. The minimum Gasteiger partial charge on any atom is -0.207 e. The highest BCUT2D eigenvalue weighted by atomic mass is 35.5. The van der Waals surface area contributed by atoms with Gasteiger partial charge in [0.05, 0.1) is 10.6 Å². The Morgan fingerprint density at radius 1 is 1.08 bits per heavy atom. The highest BCUT2D eigenvalue weighted by molar-refractivity contribution is 6.31. The van der Waals surface area contributed by atoms with E-state index in [9.17, 15) is 22.0 Å². The molecule has 0 unspecified atom stereocenters. The average Bonchev–Trinajstić information content (AvgIpc) is 1.94. The van der Waals surface area contributed by atoms with Crippen LogP contribution in [0.5, 0.6) is 0 Å². The molecule has 0 atom stereocenters. The van der Waals surface area contributed by atoms with Gasteiger partial charge in [-0.1, -0.05) is 11.6 Å². The molecule has 1 aromatic rings. The van der Waals surface area contributed by atoms with Crippen LogP contribution in [0.2, 0.25) is 5.02 Å². The quantitative estimate of drug-likeness (QED) is 0.459. The fraction of sp³-hybridized carbons (Fsp3) is 0.143. The molecule has 0 aromatic heterocycles. The highest BCUT2D eigenvalue weighted by Crippen LogP contribution is 2.36. The van der Waals surface area contributed by atoms with Gasteiger partial charge < -0.3 is 0 Å². The molecule has 0 aliphatic heterocycles. The topological polar surface area (TPSA) is 0 Å². The summed E-state index contributed by atoms with van der Waals surface area (Å²) >= 11 is 4.99. The minimum absolute atomic E-state index is 0.144. The highest BCUT2D eigenvalue weighted by Gasteiger charge is 2.35. The summed E-state index contributed by atoms with van der Waals surface area (Å²) in [5, 5.41) is -1.12. The van der Waals surface area contributed by atoms with Crippen LogP contribution in [-0.2, 0) is 6.18 Å². The van der Waals surface area contributed by atoms with E-state index in [-0.39, 0.29) is 12.1 Å². The Bertz CT molecular complexity index is 330. The van der Waals surface area contributed by atoms with E-state index < -0.39 is 28.4 Å². The standard InChI is InChI=1S/C7H2ClF5/c8-6-4(7(11,12)13)1-3(9)2-5(6)10/h1-2H. The molecular weight excluding hydrogens is 215 g/mol. The SMILES string of the molecule is Fc1cc(F)c(Cl)c(C(F)(F)F)c1. The summed E-state index contributed by atoms with van der Waals surface area (Å²) in [5.41, 5.74) is -1.51. The maximum atomic E-state index is 12.5. The molecule has 0 nitrogen and oxygen atoms in total. The van der Waals surface area contributed by atoms with Crippen molar-refractivity contribution >= 4 is 11.6 Å². The summed E-state index contributed by atoms with van der Waals surface area (Å²) in [5.74, 6) is -2.73. The summed E-state index contributed by atoms with van der Waals surface area (Å²) < 4.78 is 60.8. The van der Waals surface area contributed by atoms with Crippen LogP contribution in [0.25, 0.3) is 0 Å². The number of hydrogen-bond donors (Lipinski definition) is 0. The number of rotatable bonds is 0. The first-order chi connectivity index (χ1) is 5.82. The van der Waals surface area contributed by atoms with Crippen molar-refractivity contribution in [3.05, 3.63) is 34.4 Å². The van der Waals surface area contributed by atoms with Gasteiger partial charge in [-0.25, -0.2) is 8.78 Å². The Hall–Kier alpha value is -0.840. The molecule has 0 heterocycles. The van der Waals surface area contributed by atoms with Gasteiger partial charge in [-0.15, -0.1) is 0 Å². The molecule has 0 aliphatic carbocycles. The number of benzene rings is 1. The molecule has 0 aliphatic rings. The lowest BCUT2D eigenvalue weighted by Crippen LogP contribution is -2.07. The van der Waals surface area contributed by atoms with E-state index in [1.54, 1.807) is 0 Å². The number of halogens is 6. The molecular formula is C7H2ClF5. The molecule has 72 valence electrons. The summed E-state index contributed by atoms with van der Waals surface area (Å²) in [6.45, 7) is 0. The van der Waals surface area contributed by atoms with E-state index in [2.05, 4.69) is 0 Å². The molecule has 1 rings (SSSR count). The van der Waals surface area contributed by atoms with Crippen LogP contribution in [0.3, 0.4) is 0 Å². The monoisotopic (exact) mass is 216 g/mol. The van der Waals surface area contributed by atoms with Gasteiger partial charge in [0.2, 0.25) is 0 Å². The maximum Gasteiger partial charge on any atom is 0.418 e. The van der Waals surface area contributed by atoms with E-state index in [1.165, 1.54) is 0 Å². The van der Waals surface area contributed by atoms with Crippen LogP contribution in [-0.4, -0.2) is 0 Å². The smallest absolute Gasteiger partial charge is 0.207 e. The van der Waals surface area contributed by atoms with Crippen LogP contribution in [0.4, 0.5) is 22.0 Å². The van der Waals surface area contributed by atoms with Crippen LogP contribution in [0, 0.1) is 11.6 Å². The summed E-state index contributed by atoms with van der Waals surface area (Å²) in [6.07, 6.45) is -4.85. The second-order valence-corrected chi connectivity index (χ2v) is 2.62. The maximum absolute atomic E-state index is 12.5. The lowest BCUT2D eigenvalue weighted by Gasteiger charge is -2.08. The van der Waals surface area contributed by atoms with Gasteiger partial charge in [-0.3, -0.25) is 0 Å². The molecule has 0 saturated carbocycles. The lowest BCUT2D eigenvalue weighted by molar-refractivity contribution is -0.137. The third-order valence-corrected chi connectivity index (χ3v) is 1.68. The number of alkyl halides is 3. The molecule has 0 fully saturated rings. The second-order valence-electron chi connectivity index (χ2n) is 2.25. The molecule has 0 amide bonds. The van der Waals surface area contributed by atoms with Gasteiger partial charge in [0.1, 0.15) is 11.6 Å². The third kappa shape index (κ3) is 2.09. The predicted molar refractivity (Wildman–Crippen MR) is 36.4 cm³/mol. The van der Waals surface area contributed by atoms with Gasteiger partial charge in [0.25, 0.3) is 0 Å². The van der Waals surface area contributed by atoms with Crippen LogP contribution in [0.1, 0.15) is 5.56 Å². The minimum atomic E-state index is -4.85. The summed E-state index contributed by atoms with van der Waals surface area (Å²) in [7, 11) is 0. The molecule has 0 spiro atoms. The van der Waals surface area contributed by atoms with Crippen molar-refractivity contribution < 1.29 is 22.0 Å². The van der Waals surface area contributed by atoms with Gasteiger partial charge in [-0.05, 0) is 6.07 Å². The van der Waals surface area contributed by atoms with Crippen molar-refractivity contribution in [1.82, 2.24) is 0 Å². The molecule has 1 aromatic carbocycles. The Balaban J connectivity index is 3.37. The van der Waals surface area contributed by atoms with Crippen LogP contribution in [0.15, 0.2) is 12.1 Å². The predicted octanol–water partition coefficient (Wildman–Crippen LogP) is 3.64. The molecule has 13 heavy (non-hydrogen) atoms. The van der Waals surface area contributed by atoms with Crippen molar-refractivity contribution in [2.45, 2.75) is 6.18 Å². The van der Waals surface area contributed by atoms with E-state index in [0.29, 0.717) is 0 Å². The zero-order chi connectivity index (χ0) is 10.2. The van der Waals surface area contributed by atoms with Crippen molar-refractivity contribution in [3.8, 4) is 0 Å². The Labute approximate surface area is 74.9 Å². The first kappa shape index (κ1) is 10.2. The summed E-state index contributed by atoms with van der Waals surface area (Å²) in [6, 6.07) is 0.434. The van der Waals surface area contributed by atoms with E-state index in [0.717, 1.165) is 0 Å². The fourth-order valence-corrected chi connectivity index (χ4v) is 0.979. The van der Waals surface area contributed by atoms with Crippen LogP contribution < -0.4 is 0 Å². The van der Waals surface area contributed by atoms with Crippen molar-refractivity contribution in [1.29, 1.82) is 0 Å². The summed E-state index contributed by atoms with van der Waals surface area (Å²) in [4.78, 5) is 0. The lowest BCUT2D eigenvalue weighted by atomic mass is 10.2. The Morgan fingerprint density at radius 2 is 1.62 bits per heavy atom. The Morgan fingerprint density at radius 3 is 2.08 bits per heavy atom. The second kappa shape index (κ2) is 3.14. The van der Waals surface area contributed by atoms with E-state index >= 15 is 0 Å². The molecule has 0 N–H and O–H groups in total. The van der Waals surface area contributed by atoms with Crippen molar-refractivity contribution in [3.63, 3.8) is 0 Å². The fourth-order valence-electron chi connectivity index (χ4n) is 0.762. The zero-order valence-electron chi connectivity index (χ0n) is 5.92.